The van der Waals surface area contributed by atoms with Crippen LogP contribution in [-0.4, -0.2) is 44.9 Å². The zero-order valence-electron chi connectivity index (χ0n) is 12.8. The summed E-state index contributed by atoms with van der Waals surface area (Å²) in [5, 5.41) is 14.6. The van der Waals surface area contributed by atoms with Gasteiger partial charge in [0.2, 0.25) is 0 Å². The van der Waals surface area contributed by atoms with E-state index in [1.54, 1.807) is 6.92 Å². The second kappa shape index (κ2) is 9.02. The van der Waals surface area contributed by atoms with Crippen molar-refractivity contribution in [3.63, 3.8) is 0 Å². The number of nitrogens with one attached hydrogen (secondary N) is 2. The van der Waals surface area contributed by atoms with Gasteiger partial charge in [0, 0.05) is 34.4 Å². The molecule has 0 radical (unpaired) electrons. The molecule has 122 valence electrons. The fourth-order valence-electron chi connectivity index (χ4n) is 2.31. The van der Waals surface area contributed by atoms with E-state index in [0.29, 0.717) is 17.9 Å². The molecule has 0 aromatic carbocycles. The van der Waals surface area contributed by atoms with Gasteiger partial charge < -0.3 is 15.7 Å². The van der Waals surface area contributed by atoms with Crippen LogP contribution in [0, 0.1) is 5.92 Å². The molecule has 1 aliphatic heterocycles. The molecule has 7 heteroatoms. The van der Waals surface area contributed by atoms with E-state index >= 15 is 0 Å². The maximum atomic E-state index is 11.8. The molecule has 1 saturated heterocycles. The van der Waals surface area contributed by atoms with Crippen LogP contribution >= 0.6 is 0 Å². The summed E-state index contributed by atoms with van der Waals surface area (Å²) in [4.78, 5) is 22.5. The molecule has 6 nitrogen and oxygen atoms in total. The van der Waals surface area contributed by atoms with Crippen LogP contribution in [0.5, 0.6) is 0 Å². The molecule has 0 spiro atoms. The Labute approximate surface area is 128 Å². The molecule has 21 heavy (non-hydrogen) atoms. The number of hydrogen-bond donors (Lipinski definition) is 3. The van der Waals surface area contributed by atoms with Gasteiger partial charge in [0.25, 0.3) is 0 Å². The highest BCUT2D eigenvalue weighted by Gasteiger charge is 2.20. The highest BCUT2D eigenvalue weighted by atomic mass is 32.2. The average Bonchev–Trinajstić information content (AvgIpc) is 2.41. The third-order valence-electron chi connectivity index (χ3n) is 3.80. The van der Waals surface area contributed by atoms with Crippen LogP contribution in [0.3, 0.4) is 0 Å². The largest absolute Gasteiger partial charge is 0.481 e. The molecule has 0 aromatic heterocycles. The lowest BCUT2D eigenvalue weighted by Crippen LogP contribution is -2.47. The molecule has 0 saturated carbocycles. The predicted octanol–water partition coefficient (Wildman–Crippen LogP) is 1.48. The van der Waals surface area contributed by atoms with Crippen molar-refractivity contribution in [2.45, 2.75) is 58.0 Å². The van der Waals surface area contributed by atoms with Gasteiger partial charge in [0.05, 0.1) is 5.92 Å². The summed E-state index contributed by atoms with van der Waals surface area (Å²) in [7, 11) is -0.719. The van der Waals surface area contributed by atoms with Crippen molar-refractivity contribution in [2.24, 2.45) is 5.92 Å². The predicted molar refractivity (Wildman–Crippen MR) is 82.7 cm³/mol. The van der Waals surface area contributed by atoms with Crippen molar-refractivity contribution in [3.8, 4) is 0 Å². The number of urea groups is 1. The van der Waals surface area contributed by atoms with E-state index in [-0.39, 0.29) is 24.0 Å². The van der Waals surface area contributed by atoms with Crippen LogP contribution in [0.1, 0.15) is 46.0 Å². The van der Waals surface area contributed by atoms with Gasteiger partial charge in [-0.1, -0.05) is 13.3 Å². The minimum atomic E-state index is -0.775. The fraction of sp³-hybridized carbons (Fsp3) is 0.857. The Morgan fingerprint density at radius 3 is 2.43 bits per heavy atom. The number of carbonyl (C=O) groups excluding carboxylic acids is 1. The van der Waals surface area contributed by atoms with Crippen LogP contribution in [0.2, 0.25) is 0 Å². The summed E-state index contributed by atoms with van der Waals surface area (Å²) in [6.07, 6.45) is 3.70. The maximum Gasteiger partial charge on any atom is 0.315 e. The fourth-order valence-corrected chi connectivity index (χ4v) is 3.61. The number of carboxylic acid groups (broad SMARTS) is 1. The van der Waals surface area contributed by atoms with Crippen molar-refractivity contribution in [1.82, 2.24) is 10.6 Å². The van der Waals surface area contributed by atoms with Gasteiger partial charge >= 0.3 is 12.0 Å². The van der Waals surface area contributed by atoms with Gasteiger partial charge in [-0.25, -0.2) is 4.79 Å². The molecular formula is C14H26N2O4S. The number of amides is 2. The van der Waals surface area contributed by atoms with Crippen LogP contribution in [0.4, 0.5) is 4.79 Å². The number of aliphatic carboxylic acids is 1. The van der Waals surface area contributed by atoms with E-state index < -0.39 is 16.8 Å². The number of carboxylic acids is 1. The lowest BCUT2D eigenvalue weighted by atomic mass is 10.0. The molecule has 0 aliphatic carbocycles. The first kappa shape index (κ1) is 17.9. The summed E-state index contributed by atoms with van der Waals surface area (Å²) in [5.74, 6) is 0.207. The standard InChI is InChI=1S/C14H26N2O4S/c1-10(13(17)18)4-3-5-11(2)15-14(19)16-12-6-8-21(20)9-7-12/h10-12H,3-9H2,1-2H3,(H,17,18)(H2,15,16,19). The number of hydrogen-bond acceptors (Lipinski definition) is 3. The first-order valence-electron chi connectivity index (χ1n) is 7.53. The Hall–Kier alpha value is -1.11. The first-order valence-corrected chi connectivity index (χ1v) is 9.02. The minimum absolute atomic E-state index is 0.0173. The molecule has 2 unspecified atom stereocenters. The monoisotopic (exact) mass is 318 g/mol. The molecule has 2 atom stereocenters. The van der Waals surface area contributed by atoms with E-state index in [2.05, 4.69) is 10.6 Å². The van der Waals surface area contributed by atoms with Crippen LogP contribution in [0.25, 0.3) is 0 Å². The van der Waals surface area contributed by atoms with Crippen molar-refractivity contribution in [1.29, 1.82) is 0 Å². The average molecular weight is 318 g/mol. The highest BCUT2D eigenvalue weighted by Crippen LogP contribution is 2.10. The Bertz CT molecular complexity index is 379. The number of rotatable bonds is 7. The molecule has 0 bridgehead atoms. The first-order chi connectivity index (χ1) is 9.88. The third-order valence-corrected chi connectivity index (χ3v) is 5.18. The summed E-state index contributed by atoms with van der Waals surface area (Å²) in [6, 6.07) is -0.0582. The second-order valence-corrected chi connectivity index (χ2v) is 7.51. The number of carbonyl (C=O) groups is 2. The minimum Gasteiger partial charge on any atom is -0.481 e. The Morgan fingerprint density at radius 2 is 1.86 bits per heavy atom. The smallest absolute Gasteiger partial charge is 0.315 e. The van der Waals surface area contributed by atoms with E-state index in [0.717, 1.165) is 25.7 Å². The van der Waals surface area contributed by atoms with Crippen molar-refractivity contribution in [3.05, 3.63) is 0 Å². The van der Waals surface area contributed by atoms with Gasteiger partial charge in [0.15, 0.2) is 0 Å². The Morgan fingerprint density at radius 1 is 1.24 bits per heavy atom. The lowest BCUT2D eigenvalue weighted by Gasteiger charge is -2.24. The van der Waals surface area contributed by atoms with E-state index in [9.17, 15) is 13.8 Å². The van der Waals surface area contributed by atoms with Crippen LogP contribution in [-0.2, 0) is 15.6 Å². The van der Waals surface area contributed by atoms with Crippen molar-refractivity contribution in [2.75, 3.05) is 11.5 Å². The van der Waals surface area contributed by atoms with Gasteiger partial charge in [-0.05, 0) is 32.6 Å². The molecule has 1 aliphatic rings. The lowest BCUT2D eigenvalue weighted by molar-refractivity contribution is -0.141. The summed E-state index contributed by atoms with van der Waals surface area (Å²) in [5.41, 5.74) is 0. The van der Waals surface area contributed by atoms with Gasteiger partial charge in [0.1, 0.15) is 0 Å². The Balaban J connectivity index is 2.15. The Kier molecular flexibility index (Phi) is 7.71. The summed E-state index contributed by atoms with van der Waals surface area (Å²) in [6.45, 7) is 3.61. The molecule has 3 N–H and O–H groups in total. The van der Waals surface area contributed by atoms with Crippen LogP contribution in [0.15, 0.2) is 0 Å². The second-order valence-electron chi connectivity index (χ2n) is 5.81. The summed E-state index contributed by atoms with van der Waals surface area (Å²) >= 11 is 0. The molecule has 1 fully saturated rings. The maximum absolute atomic E-state index is 11.8. The molecule has 0 aromatic rings. The molecular weight excluding hydrogens is 292 g/mol. The van der Waals surface area contributed by atoms with E-state index in [1.807, 2.05) is 6.92 Å². The zero-order valence-corrected chi connectivity index (χ0v) is 13.6. The zero-order chi connectivity index (χ0) is 15.8. The third kappa shape index (κ3) is 7.45. The SMILES string of the molecule is CC(CCCC(C)C(=O)O)NC(=O)NC1CCS(=O)CC1. The van der Waals surface area contributed by atoms with Gasteiger partial charge in [-0.3, -0.25) is 9.00 Å². The summed E-state index contributed by atoms with van der Waals surface area (Å²) < 4.78 is 11.2. The van der Waals surface area contributed by atoms with Gasteiger partial charge in [-0.2, -0.15) is 0 Å². The van der Waals surface area contributed by atoms with Gasteiger partial charge in [-0.15, -0.1) is 0 Å². The topological polar surface area (TPSA) is 95.5 Å². The van der Waals surface area contributed by atoms with E-state index in [4.69, 9.17) is 5.11 Å². The van der Waals surface area contributed by atoms with Crippen molar-refractivity contribution < 1.29 is 18.9 Å². The molecule has 1 heterocycles. The highest BCUT2D eigenvalue weighted by molar-refractivity contribution is 7.85. The molecule has 1 rings (SSSR count). The van der Waals surface area contributed by atoms with Crippen LogP contribution < -0.4 is 10.6 Å². The normalized spacial score (nSPS) is 24.9. The molecule has 2 amide bonds. The van der Waals surface area contributed by atoms with Crippen molar-refractivity contribution >= 4 is 22.8 Å². The van der Waals surface area contributed by atoms with E-state index in [1.165, 1.54) is 0 Å². The quantitative estimate of drug-likeness (QED) is 0.662.